The summed E-state index contributed by atoms with van der Waals surface area (Å²) >= 11 is 1.56. The maximum atomic E-state index is 12.5. The van der Waals surface area contributed by atoms with Crippen molar-refractivity contribution in [2.24, 2.45) is 0 Å². The molecule has 1 amide bonds. The maximum absolute atomic E-state index is 12.5. The summed E-state index contributed by atoms with van der Waals surface area (Å²) in [6, 6.07) is 7.95. The number of hydrogen-bond donors (Lipinski definition) is 2. The second-order valence-electron chi connectivity index (χ2n) is 6.18. The first kappa shape index (κ1) is 15.1. The van der Waals surface area contributed by atoms with Gasteiger partial charge in [0.15, 0.2) is 5.82 Å². The predicted octanol–water partition coefficient (Wildman–Crippen LogP) is 2.73. The van der Waals surface area contributed by atoms with Gasteiger partial charge in [-0.3, -0.25) is 9.89 Å². The fraction of sp³-hybridized carbons (Fsp3) is 0.353. The van der Waals surface area contributed by atoms with Crippen LogP contribution >= 0.6 is 11.3 Å². The van der Waals surface area contributed by atoms with Crippen molar-refractivity contribution in [3.05, 3.63) is 41.0 Å². The van der Waals surface area contributed by atoms with Crippen LogP contribution in [0, 0.1) is 6.92 Å². The number of carbonyl (C=O) groups is 1. The van der Waals surface area contributed by atoms with Crippen LogP contribution < -0.4 is 10.2 Å². The van der Waals surface area contributed by atoms with Crippen LogP contribution in [-0.2, 0) is 0 Å². The number of H-pyrrole nitrogens is 1. The first-order valence-corrected chi connectivity index (χ1v) is 8.98. The van der Waals surface area contributed by atoms with Gasteiger partial charge in [0.05, 0.1) is 15.7 Å². The molecular weight excluding hydrogens is 322 g/mol. The zero-order chi connectivity index (χ0) is 16.5. The van der Waals surface area contributed by atoms with Gasteiger partial charge in [0.25, 0.3) is 5.91 Å². The number of piperidine rings is 1. The van der Waals surface area contributed by atoms with E-state index in [1.807, 2.05) is 25.1 Å². The molecule has 2 aromatic heterocycles. The van der Waals surface area contributed by atoms with Crippen LogP contribution in [-0.4, -0.2) is 40.2 Å². The smallest absolute Gasteiger partial charge is 0.251 e. The van der Waals surface area contributed by atoms with Crippen LogP contribution in [0.2, 0.25) is 0 Å². The molecule has 2 N–H and O–H groups in total. The molecule has 0 bridgehead atoms. The molecule has 1 aromatic carbocycles. The maximum Gasteiger partial charge on any atom is 0.251 e. The fourth-order valence-corrected chi connectivity index (χ4v) is 3.80. The molecule has 1 saturated heterocycles. The summed E-state index contributed by atoms with van der Waals surface area (Å²) in [7, 11) is 0. The fourth-order valence-electron chi connectivity index (χ4n) is 3.08. The number of aromatic nitrogens is 3. The van der Waals surface area contributed by atoms with E-state index in [1.165, 1.54) is 0 Å². The quantitative estimate of drug-likeness (QED) is 0.768. The highest BCUT2D eigenvalue weighted by molar-refractivity contribution is 7.16. The van der Waals surface area contributed by atoms with Gasteiger partial charge in [-0.2, -0.15) is 5.10 Å². The molecule has 0 aliphatic carbocycles. The average molecular weight is 341 g/mol. The van der Waals surface area contributed by atoms with Crippen molar-refractivity contribution in [1.82, 2.24) is 20.5 Å². The van der Waals surface area contributed by atoms with Crippen molar-refractivity contribution >= 4 is 33.3 Å². The van der Waals surface area contributed by atoms with Gasteiger partial charge in [0, 0.05) is 36.5 Å². The van der Waals surface area contributed by atoms with Crippen molar-refractivity contribution in [1.29, 1.82) is 0 Å². The lowest BCUT2D eigenvalue weighted by Crippen LogP contribution is -2.44. The third-order valence-corrected chi connectivity index (χ3v) is 5.23. The standard InChI is InChI=1S/C17H19N5OS/c1-11-8-16(21-20-11)22-6-4-13(5-7-22)19-17(23)12-2-3-14-15(9-12)24-10-18-14/h2-3,8-10,13H,4-7H2,1H3,(H,19,23)(H,20,21). The Balaban J connectivity index is 1.37. The SMILES string of the molecule is Cc1cc(N2CCC(NC(=O)c3ccc4ncsc4c3)CC2)n[nH]1. The molecule has 0 atom stereocenters. The number of rotatable bonds is 3. The van der Waals surface area contributed by atoms with Crippen molar-refractivity contribution in [3.8, 4) is 0 Å². The molecule has 4 rings (SSSR count). The normalized spacial score (nSPS) is 15.8. The Bertz CT molecular complexity index is 863. The number of thiazole rings is 1. The van der Waals surface area contributed by atoms with E-state index in [2.05, 4.69) is 31.5 Å². The summed E-state index contributed by atoms with van der Waals surface area (Å²) < 4.78 is 1.05. The minimum atomic E-state index is -0.000589. The van der Waals surface area contributed by atoms with Gasteiger partial charge >= 0.3 is 0 Å². The summed E-state index contributed by atoms with van der Waals surface area (Å²) in [5.41, 5.74) is 4.52. The summed E-state index contributed by atoms with van der Waals surface area (Å²) in [4.78, 5) is 19.0. The van der Waals surface area contributed by atoms with Crippen LogP contribution in [0.15, 0.2) is 29.8 Å². The predicted molar refractivity (Wildman–Crippen MR) is 95.6 cm³/mol. The Kier molecular flexibility index (Phi) is 3.93. The van der Waals surface area contributed by atoms with Crippen molar-refractivity contribution < 1.29 is 4.79 Å². The van der Waals surface area contributed by atoms with E-state index in [0.29, 0.717) is 5.56 Å². The molecule has 124 valence electrons. The minimum absolute atomic E-state index is 0.000589. The molecule has 1 fully saturated rings. The number of hydrogen-bond acceptors (Lipinski definition) is 5. The second-order valence-corrected chi connectivity index (χ2v) is 7.07. The van der Waals surface area contributed by atoms with E-state index in [-0.39, 0.29) is 11.9 Å². The number of nitrogens with one attached hydrogen (secondary N) is 2. The van der Waals surface area contributed by atoms with E-state index in [4.69, 9.17) is 0 Å². The monoisotopic (exact) mass is 341 g/mol. The minimum Gasteiger partial charge on any atom is -0.355 e. The van der Waals surface area contributed by atoms with Gasteiger partial charge in [0.2, 0.25) is 0 Å². The molecule has 1 aliphatic heterocycles. The number of aromatic amines is 1. The van der Waals surface area contributed by atoms with Crippen LogP contribution in [0.3, 0.4) is 0 Å². The summed E-state index contributed by atoms with van der Waals surface area (Å²) in [6.45, 7) is 3.82. The van der Waals surface area contributed by atoms with Crippen LogP contribution in [0.5, 0.6) is 0 Å². The molecule has 0 unspecified atom stereocenters. The molecule has 7 heteroatoms. The summed E-state index contributed by atoms with van der Waals surface area (Å²) in [5, 5.41) is 10.4. The Morgan fingerprint density at radius 3 is 2.92 bits per heavy atom. The molecule has 0 saturated carbocycles. The Morgan fingerprint density at radius 1 is 1.33 bits per heavy atom. The lowest BCUT2D eigenvalue weighted by molar-refractivity contribution is 0.0931. The largest absolute Gasteiger partial charge is 0.355 e. The van der Waals surface area contributed by atoms with Gasteiger partial charge in [-0.05, 0) is 38.0 Å². The Labute approximate surface area is 143 Å². The molecule has 0 spiro atoms. The van der Waals surface area contributed by atoms with Gasteiger partial charge in [-0.1, -0.05) is 0 Å². The Hall–Kier alpha value is -2.41. The molecule has 1 aliphatic rings. The highest BCUT2D eigenvalue weighted by atomic mass is 32.1. The van der Waals surface area contributed by atoms with Gasteiger partial charge in [-0.15, -0.1) is 11.3 Å². The molecule has 0 radical (unpaired) electrons. The van der Waals surface area contributed by atoms with Crippen LogP contribution in [0.1, 0.15) is 28.9 Å². The molecule has 24 heavy (non-hydrogen) atoms. The number of nitrogens with zero attached hydrogens (tertiary/aromatic N) is 3. The zero-order valence-electron chi connectivity index (χ0n) is 13.5. The third-order valence-electron chi connectivity index (χ3n) is 4.44. The van der Waals surface area contributed by atoms with E-state index < -0.39 is 0 Å². The number of anilines is 1. The first-order valence-electron chi connectivity index (χ1n) is 8.10. The second kappa shape index (κ2) is 6.24. The number of carbonyl (C=O) groups excluding carboxylic acids is 1. The summed E-state index contributed by atoms with van der Waals surface area (Å²) in [6.07, 6.45) is 1.86. The molecule has 3 aromatic rings. The molecule has 3 heterocycles. The molecule has 6 nitrogen and oxygen atoms in total. The Morgan fingerprint density at radius 2 is 2.17 bits per heavy atom. The van der Waals surface area contributed by atoms with Crippen molar-refractivity contribution in [2.45, 2.75) is 25.8 Å². The average Bonchev–Trinajstić information content (AvgIpc) is 3.23. The topological polar surface area (TPSA) is 73.9 Å². The summed E-state index contributed by atoms with van der Waals surface area (Å²) in [5.74, 6) is 0.993. The number of benzene rings is 1. The molecular formula is C17H19N5OS. The van der Waals surface area contributed by atoms with Gasteiger partial charge < -0.3 is 10.2 Å². The lowest BCUT2D eigenvalue weighted by atomic mass is 10.0. The third kappa shape index (κ3) is 2.99. The number of aryl methyl sites for hydroxylation is 1. The van der Waals surface area contributed by atoms with Gasteiger partial charge in [-0.25, -0.2) is 4.98 Å². The van der Waals surface area contributed by atoms with Crippen LogP contribution in [0.4, 0.5) is 5.82 Å². The lowest BCUT2D eigenvalue weighted by Gasteiger charge is -2.32. The van der Waals surface area contributed by atoms with Gasteiger partial charge in [0.1, 0.15) is 0 Å². The van der Waals surface area contributed by atoms with Crippen molar-refractivity contribution in [2.75, 3.05) is 18.0 Å². The zero-order valence-corrected chi connectivity index (χ0v) is 14.3. The number of fused-ring (bicyclic) bond motifs is 1. The number of amides is 1. The van der Waals surface area contributed by atoms with E-state index >= 15 is 0 Å². The van der Waals surface area contributed by atoms with Crippen molar-refractivity contribution in [3.63, 3.8) is 0 Å². The first-order chi connectivity index (χ1) is 11.7. The van der Waals surface area contributed by atoms with Crippen LogP contribution in [0.25, 0.3) is 10.2 Å². The highest BCUT2D eigenvalue weighted by Gasteiger charge is 2.22. The highest BCUT2D eigenvalue weighted by Crippen LogP contribution is 2.21. The van der Waals surface area contributed by atoms with E-state index in [9.17, 15) is 4.79 Å². The van der Waals surface area contributed by atoms with E-state index in [0.717, 1.165) is 47.7 Å². The van der Waals surface area contributed by atoms with E-state index in [1.54, 1.807) is 16.8 Å².